The molecule has 0 spiro atoms. The summed E-state index contributed by atoms with van der Waals surface area (Å²) in [6.07, 6.45) is 3.25. The molecule has 0 unspecified atom stereocenters. The van der Waals surface area contributed by atoms with Crippen LogP contribution in [0.15, 0.2) is 42.5 Å². The molecule has 2 aromatic carbocycles. The lowest BCUT2D eigenvalue weighted by Gasteiger charge is -2.19. The van der Waals surface area contributed by atoms with E-state index >= 15 is 0 Å². The van der Waals surface area contributed by atoms with E-state index in [2.05, 4.69) is 49.4 Å². The van der Waals surface area contributed by atoms with Gasteiger partial charge in [-0.3, -0.25) is 0 Å². The van der Waals surface area contributed by atoms with Gasteiger partial charge in [0.2, 0.25) is 0 Å². The first-order chi connectivity index (χ1) is 7.90. The Kier molecular flexibility index (Phi) is 2.17. The van der Waals surface area contributed by atoms with Crippen LogP contribution in [0.2, 0.25) is 0 Å². The highest BCUT2D eigenvalue weighted by Crippen LogP contribution is 2.37. The highest BCUT2D eigenvalue weighted by molar-refractivity contribution is 5.96. The minimum absolute atomic E-state index is 0.703. The van der Waals surface area contributed by atoms with Crippen LogP contribution in [-0.2, 0) is 0 Å². The van der Waals surface area contributed by atoms with E-state index in [1.165, 1.54) is 21.9 Å². The zero-order valence-corrected chi connectivity index (χ0v) is 9.36. The Morgan fingerprint density at radius 3 is 2.88 bits per heavy atom. The lowest BCUT2D eigenvalue weighted by molar-refractivity contribution is 0.357. The van der Waals surface area contributed by atoms with Gasteiger partial charge in [0.05, 0.1) is 0 Å². The molecular formula is C15H14O. The van der Waals surface area contributed by atoms with Crippen molar-refractivity contribution in [3.05, 3.63) is 48.0 Å². The molecule has 0 saturated heterocycles. The fourth-order valence-corrected chi connectivity index (χ4v) is 2.36. The maximum absolute atomic E-state index is 5.69. The Morgan fingerprint density at radius 2 is 2.00 bits per heavy atom. The van der Waals surface area contributed by atoms with Gasteiger partial charge in [-0.1, -0.05) is 37.3 Å². The van der Waals surface area contributed by atoms with Crippen LogP contribution in [0.4, 0.5) is 0 Å². The van der Waals surface area contributed by atoms with E-state index < -0.39 is 0 Å². The Bertz CT molecular complexity index is 567. The molecule has 0 bridgehead atoms. The van der Waals surface area contributed by atoms with E-state index in [0.717, 1.165) is 12.2 Å². The van der Waals surface area contributed by atoms with E-state index in [0.29, 0.717) is 6.61 Å². The standard InChI is InChI=1S/C15H14O/c1-2-11-9-10-16-14-8-7-12-5-3-4-6-13(12)15(11)14/h3-9H,2,10H2,1H3. The first-order valence-corrected chi connectivity index (χ1v) is 5.74. The summed E-state index contributed by atoms with van der Waals surface area (Å²) in [5.74, 6) is 1.03. The molecule has 1 heteroatoms. The van der Waals surface area contributed by atoms with Crippen molar-refractivity contribution in [2.45, 2.75) is 13.3 Å². The summed E-state index contributed by atoms with van der Waals surface area (Å²) < 4.78 is 5.69. The number of rotatable bonds is 1. The molecule has 0 saturated carbocycles. The molecule has 0 atom stereocenters. The van der Waals surface area contributed by atoms with Gasteiger partial charge in [-0.05, 0) is 34.9 Å². The zero-order chi connectivity index (χ0) is 11.0. The molecule has 0 aliphatic carbocycles. The maximum atomic E-state index is 5.69. The maximum Gasteiger partial charge on any atom is 0.127 e. The van der Waals surface area contributed by atoms with Crippen molar-refractivity contribution in [2.75, 3.05) is 6.61 Å². The van der Waals surface area contributed by atoms with Gasteiger partial charge in [0, 0.05) is 5.56 Å². The average Bonchev–Trinajstić information content (AvgIpc) is 2.37. The molecule has 1 nitrogen and oxygen atoms in total. The smallest absolute Gasteiger partial charge is 0.127 e. The van der Waals surface area contributed by atoms with E-state index in [9.17, 15) is 0 Å². The van der Waals surface area contributed by atoms with Gasteiger partial charge in [-0.2, -0.15) is 0 Å². The van der Waals surface area contributed by atoms with Gasteiger partial charge in [0.15, 0.2) is 0 Å². The van der Waals surface area contributed by atoms with E-state index in [1.54, 1.807) is 0 Å². The second-order valence-electron chi connectivity index (χ2n) is 4.05. The zero-order valence-electron chi connectivity index (χ0n) is 9.36. The SMILES string of the molecule is CCC1=CCOc2ccc3ccccc3c21. The molecule has 0 fully saturated rings. The fourth-order valence-electron chi connectivity index (χ4n) is 2.36. The molecule has 2 aromatic rings. The number of benzene rings is 2. The van der Waals surface area contributed by atoms with Crippen LogP contribution in [0.5, 0.6) is 5.75 Å². The summed E-state index contributed by atoms with van der Waals surface area (Å²) in [4.78, 5) is 0. The Hall–Kier alpha value is -1.76. The molecule has 3 rings (SSSR count). The molecule has 0 amide bonds. The van der Waals surface area contributed by atoms with Gasteiger partial charge in [-0.25, -0.2) is 0 Å². The number of allylic oxidation sites excluding steroid dienone is 1. The second-order valence-corrected chi connectivity index (χ2v) is 4.05. The van der Waals surface area contributed by atoms with Crippen LogP contribution in [0, 0.1) is 0 Å². The highest BCUT2D eigenvalue weighted by atomic mass is 16.5. The molecule has 0 aromatic heterocycles. The quantitative estimate of drug-likeness (QED) is 0.690. The molecule has 16 heavy (non-hydrogen) atoms. The average molecular weight is 210 g/mol. The van der Waals surface area contributed by atoms with Gasteiger partial charge in [-0.15, -0.1) is 0 Å². The second kappa shape index (κ2) is 3.67. The number of ether oxygens (including phenoxy) is 1. The highest BCUT2D eigenvalue weighted by Gasteiger charge is 2.15. The van der Waals surface area contributed by atoms with Gasteiger partial charge in [0.1, 0.15) is 12.4 Å². The number of hydrogen-bond donors (Lipinski definition) is 0. The summed E-state index contributed by atoms with van der Waals surface area (Å²) in [5, 5.41) is 2.58. The monoisotopic (exact) mass is 210 g/mol. The van der Waals surface area contributed by atoms with Crippen molar-refractivity contribution in [1.29, 1.82) is 0 Å². The normalized spacial score (nSPS) is 14.2. The molecule has 1 heterocycles. The minimum Gasteiger partial charge on any atom is -0.489 e. The van der Waals surface area contributed by atoms with E-state index in [-0.39, 0.29) is 0 Å². The molecule has 1 aliphatic rings. The Balaban J connectivity index is 2.37. The Labute approximate surface area is 95.4 Å². The fraction of sp³-hybridized carbons (Fsp3) is 0.200. The summed E-state index contributed by atoms with van der Waals surface area (Å²) >= 11 is 0. The van der Waals surface area contributed by atoms with Crippen molar-refractivity contribution in [1.82, 2.24) is 0 Å². The van der Waals surface area contributed by atoms with Crippen LogP contribution in [0.25, 0.3) is 16.3 Å². The van der Waals surface area contributed by atoms with Crippen molar-refractivity contribution < 1.29 is 4.74 Å². The molecule has 1 aliphatic heterocycles. The van der Waals surface area contributed by atoms with Gasteiger partial charge < -0.3 is 4.74 Å². The molecular weight excluding hydrogens is 196 g/mol. The van der Waals surface area contributed by atoms with Crippen molar-refractivity contribution in [3.8, 4) is 5.75 Å². The minimum atomic E-state index is 0.703. The summed E-state index contributed by atoms with van der Waals surface area (Å²) in [7, 11) is 0. The van der Waals surface area contributed by atoms with E-state index in [4.69, 9.17) is 4.74 Å². The summed E-state index contributed by atoms with van der Waals surface area (Å²) in [6, 6.07) is 12.7. The van der Waals surface area contributed by atoms with Crippen LogP contribution in [-0.4, -0.2) is 6.61 Å². The predicted molar refractivity (Wildman–Crippen MR) is 67.7 cm³/mol. The Morgan fingerprint density at radius 1 is 1.12 bits per heavy atom. The van der Waals surface area contributed by atoms with E-state index in [1.807, 2.05) is 0 Å². The first kappa shape index (κ1) is 9.46. The van der Waals surface area contributed by atoms with Crippen LogP contribution >= 0.6 is 0 Å². The molecule has 80 valence electrons. The third kappa shape index (κ3) is 1.32. The first-order valence-electron chi connectivity index (χ1n) is 5.74. The lowest BCUT2D eigenvalue weighted by Crippen LogP contribution is -2.04. The van der Waals surface area contributed by atoms with Crippen molar-refractivity contribution >= 4 is 16.3 Å². The largest absolute Gasteiger partial charge is 0.489 e. The van der Waals surface area contributed by atoms with Crippen LogP contribution < -0.4 is 4.74 Å². The van der Waals surface area contributed by atoms with Crippen LogP contribution in [0.3, 0.4) is 0 Å². The van der Waals surface area contributed by atoms with Crippen LogP contribution in [0.1, 0.15) is 18.9 Å². The third-order valence-electron chi connectivity index (χ3n) is 3.16. The third-order valence-corrected chi connectivity index (χ3v) is 3.16. The van der Waals surface area contributed by atoms with Gasteiger partial charge in [0.25, 0.3) is 0 Å². The van der Waals surface area contributed by atoms with Gasteiger partial charge >= 0.3 is 0 Å². The predicted octanol–water partition coefficient (Wildman–Crippen LogP) is 4.03. The summed E-state index contributed by atoms with van der Waals surface area (Å²) in [6.45, 7) is 2.90. The van der Waals surface area contributed by atoms with Crippen molar-refractivity contribution in [3.63, 3.8) is 0 Å². The summed E-state index contributed by atoms with van der Waals surface area (Å²) in [5.41, 5.74) is 2.69. The molecule has 0 radical (unpaired) electrons. The lowest BCUT2D eigenvalue weighted by atomic mass is 9.94. The topological polar surface area (TPSA) is 9.23 Å². The number of fused-ring (bicyclic) bond motifs is 3. The molecule has 0 N–H and O–H groups in total. The van der Waals surface area contributed by atoms with Crippen molar-refractivity contribution in [2.24, 2.45) is 0 Å². The number of hydrogen-bond acceptors (Lipinski definition) is 1.